The Hall–Kier alpha value is -1.60. The molecule has 0 aliphatic carbocycles. The summed E-state index contributed by atoms with van der Waals surface area (Å²) in [6, 6.07) is 20.5. The molecular weight excluding hydrogens is 230 g/mol. The summed E-state index contributed by atoms with van der Waals surface area (Å²) in [6.45, 7) is 3.32. The molecule has 98 valence electrons. The largest absolute Gasteiger partial charge is 0.309 e. The number of rotatable bonds is 3. The second-order valence-corrected chi connectivity index (χ2v) is 5.33. The van der Waals surface area contributed by atoms with Gasteiger partial charge < -0.3 is 5.32 Å². The van der Waals surface area contributed by atoms with Crippen molar-refractivity contribution in [2.24, 2.45) is 0 Å². The molecule has 0 spiro atoms. The van der Waals surface area contributed by atoms with Crippen molar-refractivity contribution in [3.05, 3.63) is 71.3 Å². The van der Waals surface area contributed by atoms with Crippen LogP contribution in [0.25, 0.3) is 0 Å². The Balaban J connectivity index is 1.86. The Morgan fingerprint density at radius 2 is 1.68 bits per heavy atom. The zero-order valence-electron chi connectivity index (χ0n) is 11.5. The Kier molecular flexibility index (Phi) is 3.65. The van der Waals surface area contributed by atoms with E-state index in [2.05, 4.69) is 66.8 Å². The second kappa shape index (κ2) is 5.58. The highest BCUT2D eigenvalue weighted by Gasteiger charge is 2.29. The Labute approximate surface area is 115 Å². The fraction of sp³-hybridized carbons (Fsp3) is 0.333. The zero-order valence-corrected chi connectivity index (χ0v) is 11.5. The number of hydrogen-bond acceptors (Lipinski definition) is 1. The topological polar surface area (TPSA) is 12.0 Å². The van der Waals surface area contributed by atoms with Crippen LogP contribution in [0.2, 0.25) is 0 Å². The fourth-order valence-electron chi connectivity index (χ4n) is 3.07. The van der Waals surface area contributed by atoms with Crippen molar-refractivity contribution >= 4 is 0 Å². The van der Waals surface area contributed by atoms with Crippen LogP contribution < -0.4 is 5.32 Å². The van der Waals surface area contributed by atoms with E-state index in [1.165, 1.54) is 23.1 Å². The van der Waals surface area contributed by atoms with E-state index in [0.29, 0.717) is 12.0 Å². The third-order valence-corrected chi connectivity index (χ3v) is 4.20. The van der Waals surface area contributed by atoms with Crippen molar-refractivity contribution < 1.29 is 0 Å². The van der Waals surface area contributed by atoms with Crippen LogP contribution in [0.4, 0.5) is 0 Å². The van der Waals surface area contributed by atoms with E-state index < -0.39 is 0 Å². The highest BCUT2D eigenvalue weighted by molar-refractivity contribution is 5.31. The predicted octanol–water partition coefficient (Wildman–Crippen LogP) is 4.07. The first-order valence-electron chi connectivity index (χ1n) is 7.25. The van der Waals surface area contributed by atoms with E-state index in [0.717, 1.165) is 13.0 Å². The maximum atomic E-state index is 3.65. The molecule has 1 fully saturated rings. The summed E-state index contributed by atoms with van der Waals surface area (Å²) in [5.41, 5.74) is 4.30. The van der Waals surface area contributed by atoms with Gasteiger partial charge in [0.15, 0.2) is 0 Å². The molecule has 1 aliphatic rings. The zero-order chi connectivity index (χ0) is 13.1. The summed E-state index contributed by atoms with van der Waals surface area (Å²) < 4.78 is 0. The van der Waals surface area contributed by atoms with Crippen LogP contribution in [-0.2, 0) is 6.42 Å². The quantitative estimate of drug-likeness (QED) is 0.867. The Morgan fingerprint density at radius 3 is 2.37 bits per heavy atom. The normalized spacial score (nSPS) is 22.6. The molecule has 2 aromatic carbocycles. The third-order valence-electron chi connectivity index (χ3n) is 4.20. The van der Waals surface area contributed by atoms with Crippen molar-refractivity contribution in [2.45, 2.75) is 31.7 Å². The minimum Gasteiger partial charge on any atom is -0.309 e. The first kappa shape index (κ1) is 12.4. The molecule has 2 aromatic rings. The average Bonchev–Trinajstić information content (AvgIpc) is 2.98. The summed E-state index contributed by atoms with van der Waals surface area (Å²) in [7, 11) is 0. The maximum Gasteiger partial charge on any atom is 0.0390 e. The molecule has 1 N–H and O–H groups in total. The van der Waals surface area contributed by atoms with Gasteiger partial charge in [-0.3, -0.25) is 0 Å². The SMILES string of the molecule is CCc1ccc(C2CCNC2c2ccccc2)cc1. The second-order valence-electron chi connectivity index (χ2n) is 5.33. The summed E-state index contributed by atoms with van der Waals surface area (Å²) in [6.07, 6.45) is 2.34. The number of hydrogen-bond donors (Lipinski definition) is 1. The molecule has 2 unspecified atom stereocenters. The molecule has 0 radical (unpaired) electrons. The molecule has 0 amide bonds. The molecule has 0 saturated carbocycles. The van der Waals surface area contributed by atoms with Crippen LogP contribution in [0.5, 0.6) is 0 Å². The summed E-state index contributed by atoms with van der Waals surface area (Å²) >= 11 is 0. The lowest BCUT2D eigenvalue weighted by Gasteiger charge is -2.20. The van der Waals surface area contributed by atoms with Crippen molar-refractivity contribution in [2.75, 3.05) is 6.54 Å². The van der Waals surface area contributed by atoms with Gasteiger partial charge in [0, 0.05) is 12.0 Å². The molecule has 0 aromatic heterocycles. The highest BCUT2D eigenvalue weighted by atomic mass is 15.0. The van der Waals surface area contributed by atoms with E-state index in [1.54, 1.807) is 0 Å². The van der Waals surface area contributed by atoms with Gasteiger partial charge in [-0.05, 0) is 36.1 Å². The first-order valence-corrected chi connectivity index (χ1v) is 7.25. The van der Waals surface area contributed by atoms with Crippen LogP contribution in [0.1, 0.15) is 42.0 Å². The van der Waals surface area contributed by atoms with E-state index >= 15 is 0 Å². The van der Waals surface area contributed by atoms with Gasteiger partial charge in [-0.1, -0.05) is 61.5 Å². The maximum absolute atomic E-state index is 3.65. The van der Waals surface area contributed by atoms with Gasteiger partial charge in [-0.15, -0.1) is 0 Å². The summed E-state index contributed by atoms with van der Waals surface area (Å²) in [5.74, 6) is 0.605. The molecule has 2 atom stereocenters. The van der Waals surface area contributed by atoms with Crippen LogP contribution in [-0.4, -0.2) is 6.54 Å². The van der Waals surface area contributed by atoms with Crippen molar-refractivity contribution in [1.82, 2.24) is 5.32 Å². The molecule has 19 heavy (non-hydrogen) atoms. The molecule has 1 heteroatoms. The third kappa shape index (κ3) is 2.57. The Morgan fingerprint density at radius 1 is 0.947 bits per heavy atom. The van der Waals surface area contributed by atoms with Gasteiger partial charge >= 0.3 is 0 Å². The molecular formula is C18H21N. The van der Waals surface area contributed by atoms with Gasteiger partial charge in [0.2, 0.25) is 0 Å². The number of benzene rings is 2. The smallest absolute Gasteiger partial charge is 0.0390 e. The van der Waals surface area contributed by atoms with Gasteiger partial charge in [-0.2, -0.15) is 0 Å². The standard InChI is InChI=1S/C18H21N/c1-2-14-8-10-15(11-9-14)17-12-13-19-18(17)16-6-4-3-5-7-16/h3-11,17-19H,2,12-13H2,1H3. The number of aryl methyl sites for hydroxylation is 1. The van der Waals surface area contributed by atoms with Crippen LogP contribution in [0.15, 0.2) is 54.6 Å². The molecule has 1 aliphatic heterocycles. The fourth-order valence-corrected chi connectivity index (χ4v) is 3.07. The molecule has 3 rings (SSSR count). The van der Waals surface area contributed by atoms with Crippen LogP contribution in [0, 0.1) is 0 Å². The van der Waals surface area contributed by atoms with Gasteiger partial charge in [0.25, 0.3) is 0 Å². The highest BCUT2D eigenvalue weighted by Crippen LogP contribution is 2.37. The van der Waals surface area contributed by atoms with Crippen LogP contribution in [0.3, 0.4) is 0 Å². The van der Waals surface area contributed by atoms with Crippen molar-refractivity contribution in [3.8, 4) is 0 Å². The lowest BCUT2D eigenvalue weighted by Crippen LogP contribution is -2.16. The van der Waals surface area contributed by atoms with Gasteiger partial charge in [0.05, 0.1) is 0 Å². The van der Waals surface area contributed by atoms with Gasteiger partial charge in [-0.25, -0.2) is 0 Å². The van der Waals surface area contributed by atoms with E-state index in [1.807, 2.05) is 0 Å². The molecule has 0 bridgehead atoms. The van der Waals surface area contributed by atoms with E-state index in [-0.39, 0.29) is 0 Å². The van der Waals surface area contributed by atoms with Crippen molar-refractivity contribution in [3.63, 3.8) is 0 Å². The van der Waals surface area contributed by atoms with Crippen LogP contribution >= 0.6 is 0 Å². The minimum atomic E-state index is 0.466. The van der Waals surface area contributed by atoms with Gasteiger partial charge in [0.1, 0.15) is 0 Å². The summed E-state index contributed by atoms with van der Waals surface area (Å²) in [4.78, 5) is 0. The predicted molar refractivity (Wildman–Crippen MR) is 80.4 cm³/mol. The number of nitrogens with one attached hydrogen (secondary N) is 1. The Bertz CT molecular complexity index is 515. The van der Waals surface area contributed by atoms with Crippen molar-refractivity contribution in [1.29, 1.82) is 0 Å². The minimum absolute atomic E-state index is 0.466. The lowest BCUT2D eigenvalue weighted by atomic mass is 9.87. The molecule has 1 nitrogen and oxygen atoms in total. The lowest BCUT2D eigenvalue weighted by molar-refractivity contribution is 0.578. The molecule has 1 saturated heterocycles. The average molecular weight is 251 g/mol. The first-order chi connectivity index (χ1) is 9.38. The monoisotopic (exact) mass is 251 g/mol. The molecule has 1 heterocycles. The summed E-state index contributed by atoms with van der Waals surface area (Å²) in [5, 5.41) is 3.65. The van der Waals surface area contributed by atoms with E-state index in [4.69, 9.17) is 0 Å². The van der Waals surface area contributed by atoms with E-state index in [9.17, 15) is 0 Å².